The van der Waals surface area contributed by atoms with E-state index in [1.807, 2.05) is 6.92 Å². The predicted molar refractivity (Wildman–Crippen MR) is 57.4 cm³/mol. The summed E-state index contributed by atoms with van der Waals surface area (Å²) in [6.45, 7) is 1.84. The van der Waals surface area contributed by atoms with E-state index in [2.05, 4.69) is 0 Å². The van der Waals surface area contributed by atoms with Crippen molar-refractivity contribution in [2.75, 3.05) is 0 Å². The van der Waals surface area contributed by atoms with Gasteiger partial charge in [-0.3, -0.25) is 4.79 Å². The molecule has 0 aliphatic carbocycles. The molecule has 0 atom stereocenters. The summed E-state index contributed by atoms with van der Waals surface area (Å²) in [5.74, 6) is -0.658. The number of carbonyl (C=O) groups is 1. The van der Waals surface area contributed by atoms with Gasteiger partial charge in [-0.1, -0.05) is 13.0 Å². The molecule has 0 saturated carbocycles. The number of amides is 1. The van der Waals surface area contributed by atoms with Gasteiger partial charge < -0.3 is 5.73 Å². The van der Waals surface area contributed by atoms with E-state index in [1.165, 1.54) is 18.2 Å². The highest BCUT2D eigenvalue weighted by atomic mass is 35.7. The number of rotatable bonds is 3. The van der Waals surface area contributed by atoms with Crippen molar-refractivity contribution in [3.63, 3.8) is 0 Å². The molecule has 0 spiro atoms. The lowest BCUT2D eigenvalue weighted by Crippen LogP contribution is -2.14. The number of primary amides is 1. The minimum Gasteiger partial charge on any atom is -0.366 e. The van der Waals surface area contributed by atoms with Crippen LogP contribution in [0, 0.1) is 0 Å². The summed E-state index contributed by atoms with van der Waals surface area (Å²) in [5, 5.41) is 0. The Morgan fingerprint density at radius 3 is 2.47 bits per heavy atom. The highest BCUT2D eigenvalue weighted by Gasteiger charge is 2.14. The van der Waals surface area contributed by atoms with E-state index in [-0.39, 0.29) is 10.5 Å². The molecule has 0 aromatic heterocycles. The summed E-state index contributed by atoms with van der Waals surface area (Å²) in [6, 6.07) is 4.09. The van der Waals surface area contributed by atoms with Gasteiger partial charge in [0.25, 0.3) is 9.05 Å². The highest BCUT2D eigenvalue weighted by molar-refractivity contribution is 8.13. The van der Waals surface area contributed by atoms with Crippen molar-refractivity contribution in [1.29, 1.82) is 0 Å². The van der Waals surface area contributed by atoms with Gasteiger partial charge in [0, 0.05) is 16.2 Å². The lowest BCUT2D eigenvalue weighted by atomic mass is 10.1. The van der Waals surface area contributed by atoms with Gasteiger partial charge in [-0.05, 0) is 24.1 Å². The third-order valence-corrected chi connectivity index (χ3v) is 3.36. The van der Waals surface area contributed by atoms with Crippen LogP contribution in [0.25, 0.3) is 0 Å². The number of carbonyl (C=O) groups excluding carboxylic acids is 1. The van der Waals surface area contributed by atoms with Crippen molar-refractivity contribution in [1.82, 2.24) is 0 Å². The fourth-order valence-electron chi connectivity index (χ4n) is 1.24. The molecular weight excluding hydrogens is 238 g/mol. The van der Waals surface area contributed by atoms with Crippen molar-refractivity contribution in [3.05, 3.63) is 29.3 Å². The van der Waals surface area contributed by atoms with Crippen LogP contribution in [0.3, 0.4) is 0 Å². The van der Waals surface area contributed by atoms with E-state index in [9.17, 15) is 13.2 Å². The molecule has 2 N–H and O–H groups in total. The van der Waals surface area contributed by atoms with Crippen molar-refractivity contribution >= 4 is 25.6 Å². The van der Waals surface area contributed by atoms with E-state index in [1.54, 1.807) is 0 Å². The summed E-state index contributed by atoms with van der Waals surface area (Å²) in [6.07, 6.45) is 0.598. The molecular formula is C9H10ClNO3S. The topological polar surface area (TPSA) is 77.2 Å². The summed E-state index contributed by atoms with van der Waals surface area (Å²) in [4.78, 5) is 10.9. The third kappa shape index (κ3) is 2.70. The van der Waals surface area contributed by atoms with Crippen molar-refractivity contribution in [2.24, 2.45) is 5.73 Å². The van der Waals surface area contributed by atoms with Crippen molar-refractivity contribution < 1.29 is 13.2 Å². The monoisotopic (exact) mass is 247 g/mol. The average molecular weight is 248 g/mol. The number of aryl methyl sites for hydroxylation is 1. The second-order valence-corrected chi connectivity index (χ2v) is 5.54. The van der Waals surface area contributed by atoms with Gasteiger partial charge in [-0.2, -0.15) is 0 Å². The van der Waals surface area contributed by atoms with E-state index < -0.39 is 15.0 Å². The lowest BCUT2D eigenvalue weighted by Gasteiger charge is -2.05. The third-order valence-electron chi connectivity index (χ3n) is 2.01. The van der Waals surface area contributed by atoms with Crippen molar-refractivity contribution in [3.8, 4) is 0 Å². The van der Waals surface area contributed by atoms with Crippen LogP contribution in [-0.4, -0.2) is 14.3 Å². The molecule has 0 heterocycles. The zero-order chi connectivity index (χ0) is 11.6. The van der Waals surface area contributed by atoms with E-state index in [4.69, 9.17) is 16.4 Å². The van der Waals surface area contributed by atoms with Crippen LogP contribution >= 0.6 is 10.7 Å². The lowest BCUT2D eigenvalue weighted by molar-refractivity contribution is 0.0999. The molecule has 82 valence electrons. The summed E-state index contributed by atoms with van der Waals surface area (Å²) < 4.78 is 22.0. The minimum absolute atomic E-state index is 0.116. The van der Waals surface area contributed by atoms with Gasteiger partial charge in [-0.25, -0.2) is 8.42 Å². The highest BCUT2D eigenvalue weighted by Crippen LogP contribution is 2.19. The first-order valence-corrected chi connectivity index (χ1v) is 6.54. The number of hydrogen-bond acceptors (Lipinski definition) is 3. The number of halogens is 1. The first kappa shape index (κ1) is 12.0. The van der Waals surface area contributed by atoms with Gasteiger partial charge in [0.15, 0.2) is 0 Å². The van der Waals surface area contributed by atoms with Gasteiger partial charge in [0.1, 0.15) is 0 Å². The molecule has 1 aromatic carbocycles. The molecule has 6 heteroatoms. The predicted octanol–water partition coefficient (Wildman–Crippen LogP) is 1.28. The Kier molecular flexibility index (Phi) is 3.36. The zero-order valence-corrected chi connectivity index (χ0v) is 9.60. The van der Waals surface area contributed by atoms with Crippen LogP contribution in [0.15, 0.2) is 23.1 Å². The maximum atomic E-state index is 11.0. The van der Waals surface area contributed by atoms with Crippen molar-refractivity contribution in [2.45, 2.75) is 18.2 Å². The molecule has 0 aliphatic rings. The number of hydrogen-bond donors (Lipinski definition) is 1. The number of benzene rings is 1. The van der Waals surface area contributed by atoms with Gasteiger partial charge in [-0.15, -0.1) is 0 Å². The molecule has 1 rings (SSSR count). The zero-order valence-electron chi connectivity index (χ0n) is 8.03. The van der Waals surface area contributed by atoms with Gasteiger partial charge >= 0.3 is 0 Å². The van der Waals surface area contributed by atoms with Crippen LogP contribution in [0.5, 0.6) is 0 Å². The smallest absolute Gasteiger partial charge is 0.261 e. The molecule has 0 aliphatic heterocycles. The largest absolute Gasteiger partial charge is 0.366 e. The fourth-order valence-corrected chi connectivity index (χ4v) is 2.02. The maximum absolute atomic E-state index is 11.0. The second kappa shape index (κ2) is 4.20. The Balaban J connectivity index is 3.42. The quantitative estimate of drug-likeness (QED) is 0.818. The molecule has 1 amide bonds. The molecule has 0 unspecified atom stereocenters. The number of nitrogens with two attached hydrogens (primary N) is 1. The molecule has 0 fully saturated rings. The van der Waals surface area contributed by atoms with E-state index in [0.29, 0.717) is 12.0 Å². The SMILES string of the molecule is CCc1ccc(S(=O)(=O)Cl)cc1C(N)=O. The summed E-state index contributed by atoms with van der Waals surface area (Å²) in [5.41, 5.74) is 6.02. The molecule has 15 heavy (non-hydrogen) atoms. The summed E-state index contributed by atoms with van der Waals surface area (Å²) in [7, 11) is 1.33. The Labute approximate surface area is 92.5 Å². The standard InChI is InChI=1S/C9H10ClNO3S/c1-2-6-3-4-7(15(10,13)14)5-8(6)9(11)12/h3-5H,2H2,1H3,(H2,11,12). The Hall–Kier alpha value is -1.07. The summed E-state index contributed by atoms with van der Waals surface area (Å²) >= 11 is 0. The van der Waals surface area contributed by atoms with Gasteiger partial charge in [0.05, 0.1) is 4.90 Å². The first-order chi connectivity index (χ1) is 6.86. The molecule has 0 saturated heterocycles. The Bertz CT molecular complexity index is 496. The minimum atomic E-state index is -3.82. The molecule has 0 bridgehead atoms. The maximum Gasteiger partial charge on any atom is 0.261 e. The fraction of sp³-hybridized carbons (Fsp3) is 0.222. The molecule has 1 aromatic rings. The van der Waals surface area contributed by atoms with Crippen LogP contribution in [0.1, 0.15) is 22.8 Å². The average Bonchev–Trinajstić information content (AvgIpc) is 2.15. The Morgan fingerprint density at radius 2 is 2.07 bits per heavy atom. The normalized spacial score (nSPS) is 11.3. The van der Waals surface area contributed by atoms with Crippen LogP contribution in [0.4, 0.5) is 0 Å². The first-order valence-electron chi connectivity index (χ1n) is 4.23. The van der Waals surface area contributed by atoms with E-state index in [0.717, 1.165) is 0 Å². The van der Waals surface area contributed by atoms with Crippen LogP contribution in [0.2, 0.25) is 0 Å². The van der Waals surface area contributed by atoms with E-state index >= 15 is 0 Å². The Morgan fingerprint density at radius 1 is 1.47 bits per heavy atom. The van der Waals surface area contributed by atoms with Gasteiger partial charge in [0.2, 0.25) is 5.91 Å². The van der Waals surface area contributed by atoms with Crippen LogP contribution in [-0.2, 0) is 15.5 Å². The molecule has 0 radical (unpaired) electrons. The second-order valence-electron chi connectivity index (χ2n) is 2.97. The van der Waals surface area contributed by atoms with Crippen LogP contribution < -0.4 is 5.73 Å². The molecule has 4 nitrogen and oxygen atoms in total.